The van der Waals surface area contributed by atoms with E-state index in [0.29, 0.717) is 16.5 Å². The summed E-state index contributed by atoms with van der Waals surface area (Å²) in [5.74, 6) is 1.57. The van der Waals surface area contributed by atoms with E-state index < -0.39 is 10.0 Å². The lowest BCUT2D eigenvalue weighted by Crippen LogP contribution is -2.34. The Kier molecular flexibility index (Phi) is 4.99. The monoisotopic (exact) mass is 359 g/mol. The minimum atomic E-state index is -3.61. The molecule has 0 bridgehead atoms. The molecule has 0 spiro atoms. The maximum Gasteiger partial charge on any atom is 0.262 e. The van der Waals surface area contributed by atoms with Crippen molar-refractivity contribution in [1.29, 1.82) is 0 Å². The van der Waals surface area contributed by atoms with Crippen LogP contribution in [0.1, 0.15) is 30.9 Å². The zero-order valence-corrected chi connectivity index (χ0v) is 15.8. The molecule has 2 heterocycles. The van der Waals surface area contributed by atoms with Gasteiger partial charge in [-0.3, -0.25) is 4.72 Å². The molecule has 1 unspecified atom stereocenters. The molecule has 134 valence electrons. The topological polar surface area (TPSA) is 62.3 Å². The molecular formula is C19H25N3O2S. The van der Waals surface area contributed by atoms with Gasteiger partial charge in [0.25, 0.3) is 10.0 Å². The third-order valence-electron chi connectivity index (χ3n) is 4.60. The number of aromatic nitrogens is 1. The second-order valence-corrected chi connectivity index (χ2v) is 8.62. The van der Waals surface area contributed by atoms with E-state index in [9.17, 15) is 8.42 Å². The number of benzene rings is 1. The first-order valence-corrected chi connectivity index (χ1v) is 10.1. The maximum absolute atomic E-state index is 12.6. The number of rotatable bonds is 4. The number of nitrogens with zero attached hydrogens (tertiary/aromatic N) is 2. The average Bonchev–Trinajstić information content (AvgIpc) is 2.54. The van der Waals surface area contributed by atoms with Crippen molar-refractivity contribution < 1.29 is 8.42 Å². The molecular weight excluding hydrogens is 334 g/mol. The summed E-state index contributed by atoms with van der Waals surface area (Å²) >= 11 is 0. The van der Waals surface area contributed by atoms with Crippen LogP contribution in [-0.4, -0.2) is 26.5 Å². The lowest BCUT2D eigenvalue weighted by atomic mass is 10.0. The lowest BCUT2D eigenvalue weighted by Gasteiger charge is -2.31. The van der Waals surface area contributed by atoms with Crippen molar-refractivity contribution in [2.24, 2.45) is 5.92 Å². The fourth-order valence-electron chi connectivity index (χ4n) is 3.34. The summed E-state index contributed by atoms with van der Waals surface area (Å²) in [6.07, 6.45) is 4.02. The quantitative estimate of drug-likeness (QED) is 0.903. The van der Waals surface area contributed by atoms with E-state index in [1.807, 2.05) is 19.1 Å². The Balaban J connectivity index is 1.76. The predicted molar refractivity (Wildman–Crippen MR) is 102 cm³/mol. The second-order valence-electron chi connectivity index (χ2n) is 6.97. The van der Waals surface area contributed by atoms with Gasteiger partial charge in [-0.2, -0.15) is 0 Å². The lowest BCUT2D eigenvalue weighted by molar-refractivity contribution is 0.444. The molecule has 1 aromatic heterocycles. The van der Waals surface area contributed by atoms with Crippen LogP contribution in [0.15, 0.2) is 41.4 Å². The second kappa shape index (κ2) is 7.04. The Morgan fingerprint density at radius 1 is 1.20 bits per heavy atom. The molecule has 25 heavy (non-hydrogen) atoms. The van der Waals surface area contributed by atoms with Crippen LogP contribution in [0, 0.1) is 19.8 Å². The van der Waals surface area contributed by atoms with Crippen LogP contribution in [0.3, 0.4) is 0 Å². The van der Waals surface area contributed by atoms with E-state index in [1.54, 1.807) is 31.3 Å². The van der Waals surface area contributed by atoms with Gasteiger partial charge in [-0.05, 0) is 56.4 Å². The van der Waals surface area contributed by atoms with Gasteiger partial charge >= 0.3 is 0 Å². The Morgan fingerprint density at radius 3 is 2.64 bits per heavy atom. The molecule has 0 radical (unpaired) electrons. The fraction of sp³-hybridized carbons (Fsp3) is 0.421. The van der Waals surface area contributed by atoms with Gasteiger partial charge in [-0.15, -0.1) is 0 Å². The van der Waals surface area contributed by atoms with E-state index in [4.69, 9.17) is 0 Å². The van der Waals surface area contributed by atoms with E-state index in [2.05, 4.69) is 21.5 Å². The zero-order chi connectivity index (χ0) is 18.0. The number of sulfonamides is 1. The number of nitrogens with one attached hydrogen (secondary N) is 1. The fourth-order valence-corrected chi connectivity index (χ4v) is 4.61. The summed E-state index contributed by atoms with van der Waals surface area (Å²) in [6, 6.07) is 8.98. The molecule has 1 atom stereocenters. The highest BCUT2D eigenvalue weighted by molar-refractivity contribution is 7.92. The molecule has 1 saturated heterocycles. The summed E-state index contributed by atoms with van der Waals surface area (Å²) < 4.78 is 27.9. The van der Waals surface area contributed by atoms with Crippen LogP contribution < -0.4 is 9.62 Å². The van der Waals surface area contributed by atoms with E-state index in [0.717, 1.165) is 30.0 Å². The number of piperidine rings is 1. The van der Waals surface area contributed by atoms with Crippen LogP contribution in [-0.2, 0) is 10.0 Å². The molecule has 1 aliphatic rings. The van der Waals surface area contributed by atoms with Gasteiger partial charge in [0.15, 0.2) is 0 Å². The van der Waals surface area contributed by atoms with Crippen LogP contribution in [0.5, 0.6) is 0 Å². The van der Waals surface area contributed by atoms with Crippen molar-refractivity contribution in [3.63, 3.8) is 0 Å². The van der Waals surface area contributed by atoms with Crippen molar-refractivity contribution in [3.05, 3.63) is 47.7 Å². The van der Waals surface area contributed by atoms with Crippen molar-refractivity contribution in [2.45, 2.75) is 38.5 Å². The molecule has 0 aliphatic carbocycles. The standard InChI is InChI=1S/C19H25N3O2S/c1-14-6-8-18(16(3)11-14)25(23,24)21-17-7-9-19(20-12-17)22-10-4-5-15(2)13-22/h6-9,11-12,15,21H,4-5,10,13H2,1-3H3. The van der Waals surface area contributed by atoms with Crippen LogP contribution in [0.2, 0.25) is 0 Å². The normalized spacial score (nSPS) is 18.2. The van der Waals surface area contributed by atoms with Gasteiger partial charge in [0.05, 0.1) is 16.8 Å². The van der Waals surface area contributed by atoms with Crippen molar-refractivity contribution in [1.82, 2.24) is 4.98 Å². The average molecular weight is 359 g/mol. The summed E-state index contributed by atoms with van der Waals surface area (Å²) in [5, 5.41) is 0. The largest absolute Gasteiger partial charge is 0.356 e. The SMILES string of the molecule is Cc1ccc(S(=O)(=O)Nc2ccc(N3CCCC(C)C3)nc2)c(C)c1. The number of hydrogen-bond donors (Lipinski definition) is 1. The molecule has 1 aromatic carbocycles. The van der Waals surface area contributed by atoms with Gasteiger partial charge in [0.1, 0.15) is 5.82 Å². The molecule has 1 N–H and O–H groups in total. The first kappa shape index (κ1) is 17.7. The van der Waals surface area contributed by atoms with E-state index in [1.165, 1.54) is 12.8 Å². The van der Waals surface area contributed by atoms with E-state index in [-0.39, 0.29) is 0 Å². The molecule has 3 rings (SSSR count). The van der Waals surface area contributed by atoms with Crippen LogP contribution in [0.25, 0.3) is 0 Å². The van der Waals surface area contributed by atoms with Crippen LogP contribution in [0.4, 0.5) is 11.5 Å². The first-order valence-electron chi connectivity index (χ1n) is 8.66. The van der Waals surface area contributed by atoms with E-state index >= 15 is 0 Å². The van der Waals surface area contributed by atoms with Crippen molar-refractivity contribution in [3.8, 4) is 0 Å². The highest BCUT2D eigenvalue weighted by Crippen LogP contribution is 2.24. The maximum atomic E-state index is 12.6. The third-order valence-corrected chi connectivity index (χ3v) is 6.14. The Morgan fingerprint density at radius 2 is 2.00 bits per heavy atom. The minimum Gasteiger partial charge on any atom is -0.356 e. The van der Waals surface area contributed by atoms with Gasteiger partial charge in [0.2, 0.25) is 0 Å². The number of pyridine rings is 1. The summed E-state index contributed by atoms with van der Waals surface area (Å²) in [6.45, 7) is 8.01. The molecule has 1 aliphatic heterocycles. The van der Waals surface area contributed by atoms with Crippen molar-refractivity contribution in [2.75, 3.05) is 22.7 Å². The highest BCUT2D eigenvalue weighted by atomic mass is 32.2. The highest BCUT2D eigenvalue weighted by Gasteiger charge is 2.19. The summed E-state index contributed by atoms with van der Waals surface area (Å²) in [7, 11) is -3.61. The zero-order valence-electron chi connectivity index (χ0n) is 15.0. The summed E-state index contributed by atoms with van der Waals surface area (Å²) in [5.41, 5.74) is 2.26. The molecule has 1 fully saturated rings. The van der Waals surface area contributed by atoms with Gasteiger partial charge in [0, 0.05) is 13.1 Å². The third kappa shape index (κ3) is 4.12. The molecule has 0 saturated carbocycles. The summed E-state index contributed by atoms with van der Waals surface area (Å²) in [4.78, 5) is 7.01. The number of anilines is 2. The minimum absolute atomic E-state index is 0.298. The van der Waals surface area contributed by atoms with Gasteiger partial charge in [-0.25, -0.2) is 13.4 Å². The number of hydrogen-bond acceptors (Lipinski definition) is 4. The van der Waals surface area contributed by atoms with Gasteiger partial charge < -0.3 is 4.90 Å². The molecule has 5 nitrogen and oxygen atoms in total. The number of aryl methyl sites for hydroxylation is 2. The van der Waals surface area contributed by atoms with Crippen molar-refractivity contribution >= 4 is 21.5 Å². The van der Waals surface area contributed by atoms with Gasteiger partial charge in [-0.1, -0.05) is 24.6 Å². The molecule has 0 amide bonds. The Bertz CT molecular complexity index is 847. The Labute approximate surface area is 150 Å². The predicted octanol–water partition coefficient (Wildman–Crippen LogP) is 3.74. The first-order chi connectivity index (χ1) is 11.8. The smallest absolute Gasteiger partial charge is 0.262 e. The Hall–Kier alpha value is -2.08. The molecule has 6 heteroatoms. The van der Waals surface area contributed by atoms with Crippen LogP contribution >= 0.6 is 0 Å². The molecule has 2 aromatic rings.